The summed E-state index contributed by atoms with van der Waals surface area (Å²) in [5.41, 5.74) is -0.252. The normalized spacial score (nSPS) is 13.4. The topological polar surface area (TPSA) is 51.5 Å². The Bertz CT molecular complexity index is 201. The average molecular weight is 245 g/mol. The van der Waals surface area contributed by atoms with Gasteiger partial charge in [0, 0.05) is 19.8 Å². The van der Waals surface area contributed by atoms with Crippen LogP contribution in [0.4, 0.5) is 0 Å². The first kappa shape index (κ1) is 15.6. The van der Waals surface area contributed by atoms with Crippen molar-refractivity contribution in [3.05, 3.63) is 0 Å². The number of rotatable bonds is 9. The van der Waals surface area contributed by atoms with Gasteiger partial charge in [-0.3, -0.25) is 0 Å². The number of hydrogen-bond acceptors (Lipinski definition) is 4. The van der Waals surface area contributed by atoms with E-state index in [0.29, 0.717) is 19.8 Å². The Morgan fingerprint density at radius 2 is 1.44 bits per heavy atom. The van der Waals surface area contributed by atoms with Crippen molar-refractivity contribution in [2.45, 2.75) is 46.1 Å². The van der Waals surface area contributed by atoms with E-state index in [1.807, 2.05) is 27.7 Å². The molecule has 0 saturated carbocycles. The summed E-state index contributed by atoms with van der Waals surface area (Å²) in [6, 6.07) is 2.29. The largest absolute Gasteiger partial charge is 0.518 e. The molecule has 94 valence electrons. The first-order valence-corrected chi connectivity index (χ1v) is 7.82. The maximum atomic E-state index is 9.22. The molecule has 4 nitrogen and oxygen atoms in total. The molecule has 0 radical (unpaired) electrons. The Kier molecular flexibility index (Phi) is 8.48. The first-order valence-electron chi connectivity index (χ1n) is 6.02. The molecular formula is C11H23NO3Si. The van der Waals surface area contributed by atoms with E-state index < -0.39 is 8.80 Å². The molecule has 16 heavy (non-hydrogen) atoms. The molecule has 0 heterocycles. The molecule has 0 aliphatic rings. The van der Waals surface area contributed by atoms with Crippen LogP contribution in [0.3, 0.4) is 0 Å². The Morgan fingerprint density at radius 1 is 1.00 bits per heavy atom. The molecule has 1 atom stereocenters. The van der Waals surface area contributed by atoms with Gasteiger partial charge in [-0.2, -0.15) is 5.26 Å². The van der Waals surface area contributed by atoms with Crippen molar-refractivity contribution in [1.29, 1.82) is 5.26 Å². The highest BCUT2D eigenvalue weighted by Crippen LogP contribution is 2.29. The first-order chi connectivity index (χ1) is 7.70. The molecule has 0 rings (SSSR count). The van der Waals surface area contributed by atoms with E-state index in [1.54, 1.807) is 0 Å². The maximum absolute atomic E-state index is 9.22. The highest BCUT2D eigenvalue weighted by atomic mass is 28.4. The molecule has 0 aromatic rings. The van der Waals surface area contributed by atoms with Gasteiger partial charge in [-0.05, 0) is 27.2 Å². The summed E-state index contributed by atoms with van der Waals surface area (Å²) >= 11 is 0. The van der Waals surface area contributed by atoms with Crippen molar-refractivity contribution >= 4 is 8.80 Å². The summed E-state index contributed by atoms with van der Waals surface area (Å²) in [5.74, 6) is 0. The minimum absolute atomic E-state index is 0.252. The number of nitrogens with zero attached hydrogens (tertiary/aromatic N) is 1. The van der Waals surface area contributed by atoms with E-state index in [0.717, 1.165) is 12.8 Å². The predicted octanol–water partition coefficient (Wildman–Crippen LogP) is 2.73. The molecule has 0 aliphatic heterocycles. The van der Waals surface area contributed by atoms with E-state index in [2.05, 4.69) is 6.07 Å². The predicted molar refractivity (Wildman–Crippen MR) is 64.9 cm³/mol. The molecule has 0 aliphatic carbocycles. The summed E-state index contributed by atoms with van der Waals surface area (Å²) in [6.07, 6.45) is 1.70. The van der Waals surface area contributed by atoms with Crippen molar-refractivity contribution in [2.24, 2.45) is 0 Å². The van der Waals surface area contributed by atoms with E-state index >= 15 is 0 Å². The molecule has 0 aromatic heterocycles. The zero-order valence-corrected chi connectivity index (χ0v) is 11.8. The van der Waals surface area contributed by atoms with Crippen LogP contribution in [0, 0.1) is 11.3 Å². The van der Waals surface area contributed by atoms with Crippen molar-refractivity contribution in [3.63, 3.8) is 0 Å². The van der Waals surface area contributed by atoms with Gasteiger partial charge in [-0.25, -0.2) is 0 Å². The fourth-order valence-corrected chi connectivity index (χ4v) is 4.50. The van der Waals surface area contributed by atoms with Gasteiger partial charge in [0.1, 0.15) is 5.54 Å². The van der Waals surface area contributed by atoms with E-state index in [1.165, 1.54) is 0 Å². The minimum atomic E-state index is -2.81. The second-order valence-electron chi connectivity index (χ2n) is 3.37. The van der Waals surface area contributed by atoms with Crippen LogP contribution < -0.4 is 0 Å². The zero-order valence-electron chi connectivity index (χ0n) is 10.8. The lowest BCUT2D eigenvalue weighted by atomic mass is 10.3. The summed E-state index contributed by atoms with van der Waals surface area (Å²) in [7, 11) is -2.81. The van der Waals surface area contributed by atoms with Gasteiger partial charge in [-0.1, -0.05) is 13.3 Å². The molecule has 1 unspecified atom stereocenters. The molecule has 0 amide bonds. The lowest BCUT2D eigenvalue weighted by Gasteiger charge is -2.31. The van der Waals surface area contributed by atoms with E-state index in [4.69, 9.17) is 13.3 Å². The maximum Gasteiger partial charge on any atom is 0.518 e. The lowest BCUT2D eigenvalue weighted by molar-refractivity contribution is 0.0650. The highest BCUT2D eigenvalue weighted by molar-refractivity contribution is 6.63. The van der Waals surface area contributed by atoms with Crippen LogP contribution >= 0.6 is 0 Å². The lowest BCUT2D eigenvalue weighted by Crippen LogP contribution is -2.50. The van der Waals surface area contributed by atoms with Crippen LogP contribution in [0.15, 0.2) is 0 Å². The fourth-order valence-electron chi connectivity index (χ4n) is 1.64. The Balaban J connectivity index is 4.87. The van der Waals surface area contributed by atoms with Crippen LogP contribution in [0.25, 0.3) is 0 Å². The molecule has 0 N–H and O–H groups in total. The van der Waals surface area contributed by atoms with Gasteiger partial charge >= 0.3 is 8.80 Å². The third kappa shape index (κ3) is 4.22. The zero-order chi connectivity index (χ0) is 12.4. The van der Waals surface area contributed by atoms with Gasteiger partial charge in [0.25, 0.3) is 0 Å². The summed E-state index contributed by atoms with van der Waals surface area (Å²) in [6.45, 7) is 9.32. The van der Waals surface area contributed by atoms with Crippen molar-refractivity contribution in [3.8, 4) is 6.07 Å². The number of nitriles is 1. The highest BCUT2D eigenvalue weighted by Gasteiger charge is 2.49. The molecule has 0 bridgehead atoms. The summed E-state index contributed by atoms with van der Waals surface area (Å²) in [5, 5.41) is 9.22. The second-order valence-corrected chi connectivity index (χ2v) is 6.14. The van der Waals surface area contributed by atoms with Crippen molar-refractivity contribution < 1.29 is 13.3 Å². The SMILES string of the molecule is CCCC(C#N)[Si](OCC)(OCC)OCC. The Hall–Kier alpha value is -0.413. The van der Waals surface area contributed by atoms with Crippen LogP contribution in [-0.2, 0) is 13.3 Å². The Labute approximate surface area is 99.9 Å². The van der Waals surface area contributed by atoms with Crippen LogP contribution in [0.1, 0.15) is 40.5 Å². The summed E-state index contributed by atoms with van der Waals surface area (Å²) < 4.78 is 17.1. The van der Waals surface area contributed by atoms with E-state index in [-0.39, 0.29) is 5.54 Å². The molecule has 0 spiro atoms. The second kappa shape index (κ2) is 8.71. The van der Waals surface area contributed by atoms with Gasteiger partial charge < -0.3 is 13.3 Å². The molecular weight excluding hydrogens is 222 g/mol. The van der Waals surface area contributed by atoms with Gasteiger partial charge in [0.05, 0.1) is 6.07 Å². The smallest absolute Gasteiger partial charge is 0.373 e. The fraction of sp³-hybridized carbons (Fsp3) is 0.909. The van der Waals surface area contributed by atoms with Crippen LogP contribution in [0.5, 0.6) is 0 Å². The van der Waals surface area contributed by atoms with Crippen molar-refractivity contribution in [2.75, 3.05) is 19.8 Å². The third-order valence-electron chi connectivity index (χ3n) is 2.20. The quantitative estimate of drug-likeness (QED) is 0.586. The average Bonchev–Trinajstić information content (AvgIpc) is 2.26. The third-order valence-corrected chi connectivity index (χ3v) is 5.54. The molecule has 0 fully saturated rings. The molecule has 5 heteroatoms. The number of hydrogen-bond donors (Lipinski definition) is 0. The molecule has 0 aromatic carbocycles. The summed E-state index contributed by atoms with van der Waals surface area (Å²) in [4.78, 5) is 0. The van der Waals surface area contributed by atoms with Crippen LogP contribution in [-0.4, -0.2) is 28.6 Å². The van der Waals surface area contributed by atoms with Crippen LogP contribution in [0.2, 0.25) is 5.54 Å². The standard InChI is InChI=1S/C11H23NO3Si/c1-5-9-11(10-12)16(13-6-2,14-7-3)15-8-4/h11H,5-9H2,1-4H3. The van der Waals surface area contributed by atoms with Gasteiger partial charge in [-0.15, -0.1) is 0 Å². The monoisotopic (exact) mass is 245 g/mol. The van der Waals surface area contributed by atoms with E-state index in [9.17, 15) is 5.26 Å². The molecule has 0 saturated heterocycles. The van der Waals surface area contributed by atoms with Crippen molar-refractivity contribution in [1.82, 2.24) is 0 Å². The minimum Gasteiger partial charge on any atom is -0.373 e. The van der Waals surface area contributed by atoms with Gasteiger partial charge in [0.2, 0.25) is 0 Å². The Morgan fingerprint density at radius 3 is 1.69 bits per heavy atom. The van der Waals surface area contributed by atoms with Gasteiger partial charge in [0.15, 0.2) is 0 Å².